The van der Waals surface area contributed by atoms with Crippen LogP contribution in [-0.4, -0.2) is 17.9 Å². The molecule has 7 heteroatoms. The lowest BCUT2D eigenvalue weighted by atomic mass is 10.0. The molecular weight excluding hydrogens is 272 g/mol. The summed E-state index contributed by atoms with van der Waals surface area (Å²) < 4.78 is 77.0. The van der Waals surface area contributed by atoms with Gasteiger partial charge in [-0.25, -0.2) is 0 Å². The van der Waals surface area contributed by atoms with E-state index in [1.165, 1.54) is 18.2 Å². The fraction of sp³-hybridized carbons (Fsp3) is 0.500. The minimum absolute atomic E-state index is 0.217. The molecule has 19 heavy (non-hydrogen) atoms. The van der Waals surface area contributed by atoms with Crippen LogP contribution in [0.3, 0.4) is 0 Å². The smallest absolute Gasteiger partial charge is 0.289 e. The van der Waals surface area contributed by atoms with Crippen LogP contribution in [0.1, 0.15) is 24.4 Å². The van der Waals surface area contributed by atoms with E-state index in [4.69, 9.17) is 0 Å². The molecule has 1 saturated carbocycles. The van der Waals surface area contributed by atoms with Gasteiger partial charge in [-0.15, -0.1) is 0 Å². The summed E-state index contributed by atoms with van der Waals surface area (Å²) in [5.74, 6) is 0. The third-order valence-electron chi connectivity index (χ3n) is 3.17. The van der Waals surface area contributed by atoms with Crippen molar-refractivity contribution in [2.75, 3.05) is 0 Å². The van der Waals surface area contributed by atoms with Crippen molar-refractivity contribution in [2.24, 2.45) is 0 Å². The summed E-state index contributed by atoms with van der Waals surface area (Å²) in [6.45, 7) is 0. The molecule has 0 bridgehead atoms. The standard InChI is InChI=1S/C12H11F6N/c13-11(14,15)9(8-4-2-1-3-5-8)19-10(6-7-10)12(16,17)18/h1-5,9,19H,6-7H2. The number of alkyl halides is 6. The van der Waals surface area contributed by atoms with E-state index in [-0.39, 0.29) is 18.4 Å². The molecule has 0 radical (unpaired) electrons. The van der Waals surface area contributed by atoms with Crippen LogP contribution in [0.25, 0.3) is 0 Å². The van der Waals surface area contributed by atoms with Crippen LogP contribution in [0.5, 0.6) is 0 Å². The van der Waals surface area contributed by atoms with E-state index < -0.39 is 23.9 Å². The topological polar surface area (TPSA) is 12.0 Å². The van der Waals surface area contributed by atoms with Crippen LogP contribution in [0.4, 0.5) is 26.3 Å². The van der Waals surface area contributed by atoms with E-state index in [9.17, 15) is 26.3 Å². The summed E-state index contributed by atoms with van der Waals surface area (Å²) in [6, 6.07) is 4.26. The fourth-order valence-corrected chi connectivity index (χ4v) is 1.91. The third-order valence-corrected chi connectivity index (χ3v) is 3.17. The minimum atomic E-state index is -4.78. The van der Waals surface area contributed by atoms with E-state index in [2.05, 4.69) is 0 Å². The molecule has 1 N–H and O–H groups in total. The molecule has 1 nitrogen and oxygen atoms in total. The molecule has 2 rings (SSSR count). The molecular formula is C12H11F6N. The van der Waals surface area contributed by atoms with Crippen molar-refractivity contribution in [3.8, 4) is 0 Å². The van der Waals surface area contributed by atoms with Crippen LogP contribution in [0.2, 0.25) is 0 Å². The van der Waals surface area contributed by atoms with Gasteiger partial charge in [0.05, 0.1) is 0 Å². The molecule has 1 aliphatic carbocycles. The van der Waals surface area contributed by atoms with Crippen molar-refractivity contribution in [1.82, 2.24) is 5.32 Å². The van der Waals surface area contributed by atoms with Gasteiger partial charge in [-0.05, 0) is 18.4 Å². The second-order valence-electron chi connectivity index (χ2n) is 4.61. The van der Waals surface area contributed by atoms with Crippen molar-refractivity contribution in [3.63, 3.8) is 0 Å². The van der Waals surface area contributed by atoms with Gasteiger partial charge in [0, 0.05) is 0 Å². The van der Waals surface area contributed by atoms with Gasteiger partial charge >= 0.3 is 12.4 Å². The lowest BCUT2D eigenvalue weighted by Crippen LogP contribution is -2.50. The van der Waals surface area contributed by atoms with Crippen LogP contribution < -0.4 is 5.32 Å². The van der Waals surface area contributed by atoms with Crippen LogP contribution >= 0.6 is 0 Å². The zero-order valence-corrected chi connectivity index (χ0v) is 9.65. The number of hydrogen-bond donors (Lipinski definition) is 1. The summed E-state index contributed by atoms with van der Waals surface area (Å²) in [4.78, 5) is 0. The number of halogens is 6. The Morgan fingerprint density at radius 1 is 0.947 bits per heavy atom. The third kappa shape index (κ3) is 2.86. The van der Waals surface area contributed by atoms with Gasteiger partial charge in [-0.1, -0.05) is 30.3 Å². The average Bonchev–Trinajstić information content (AvgIpc) is 3.06. The van der Waals surface area contributed by atoms with Crippen molar-refractivity contribution in [3.05, 3.63) is 35.9 Å². The first-order valence-corrected chi connectivity index (χ1v) is 5.62. The van der Waals surface area contributed by atoms with Gasteiger partial charge in [0.1, 0.15) is 11.6 Å². The summed E-state index contributed by atoms with van der Waals surface area (Å²) in [7, 11) is 0. The molecule has 0 amide bonds. The zero-order valence-electron chi connectivity index (χ0n) is 9.65. The molecule has 1 aromatic carbocycles. The van der Waals surface area contributed by atoms with E-state index in [0.29, 0.717) is 0 Å². The van der Waals surface area contributed by atoms with Gasteiger partial charge in [-0.2, -0.15) is 26.3 Å². The fourth-order valence-electron chi connectivity index (χ4n) is 1.91. The Hall–Kier alpha value is -1.24. The second-order valence-corrected chi connectivity index (χ2v) is 4.61. The van der Waals surface area contributed by atoms with Gasteiger partial charge in [0.15, 0.2) is 0 Å². The predicted molar refractivity (Wildman–Crippen MR) is 56.4 cm³/mol. The molecule has 0 aromatic heterocycles. The highest BCUT2D eigenvalue weighted by Gasteiger charge is 2.65. The Morgan fingerprint density at radius 2 is 1.47 bits per heavy atom. The Kier molecular flexibility index (Phi) is 3.28. The minimum Gasteiger partial charge on any atom is -0.289 e. The maximum Gasteiger partial charge on any atom is 0.407 e. The molecule has 0 aliphatic heterocycles. The SMILES string of the molecule is FC(F)(F)C(NC1(C(F)(F)F)CC1)c1ccccc1. The zero-order chi connectivity index (χ0) is 14.3. The Balaban J connectivity index is 2.27. The van der Waals surface area contributed by atoms with Gasteiger partial charge in [0.25, 0.3) is 0 Å². The van der Waals surface area contributed by atoms with Crippen molar-refractivity contribution in [2.45, 2.75) is 36.8 Å². The summed E-state index contributed by atoms with van der Waals surface area (Å²) in [5, 5.41) is 1.75. The Labute approximate surface area is 105 Å². The number of rotatable bonds is 3. The second kappa shape index (κ2) is 4.40. The molecule has 1 fully saturated rings. The van der Waals surface area contributed by atoms with Gasteiger partial charge in [0.2, 0.25) is 0 Å². The molecule has 1 unspecified atom stereocenters. The number of benzene rings is 1. The van der Waals surface area contributed by atoms with Crippen LogP contribution in [-0.2, 0) is 0 Å². The Morgan fingerprint density at radius 3 is 1.84 bits per heavy atom. The first kappa shape index (κ1) is 14.2. The summed E-state index contributed by atoms with van der Waals surface area (Å²) >= 11 is 0. The highest BCUT2D eigenvalue weighted by molar-refractivity contribution is 5.23. The molecule has 1 aromatic rings. The quantitative estimate of drug-likeness (QED) is 0.827. The lowest BCUT2D eigenvalue weighted by Gasteiger charge is -2.29. The molecule has 106 valence electrons. The summed E-state index contributed by atoms with van der Waals surface area (Å²) in [6.07, 6.45) is -10.1. The maximum absolute atomic E-state index is 12.9. The van der Waals surface area contributed by atoms with Crippen molar-refractivity contribution < 1.29 is 26.3 Å². The number of hydrogen-bond acceptors (Lipinski definition) is 1. The maximum atomic E-state index is 12.9. The van der Waals surface area contributed by atoms with E-state index >= 15 is 0 Å². The van der Waals surface area contributed by atoms with E-state index in [1.807, 2.05) is 0 Å². The van der Waals surface area contributed by atoms with E-state index in [1.54, 1.807) is 5.32 Å². The molecule has 0 spiro atoms. The largest absolute Gasteiger partial charge is 0.407 e. The van der Waals surface area contributed by atoms with Crippen LogP contribution in [0, 0.1) is 0 Å². The first-order valence-electron chi connectivity index (χ1n) is 5.62. The molecule has 0 heterocycles. The predicted octanol–water partition coefficient (Wildman–Crippen LogP) is 3.97. The molecule has 1 atom stereocenters. The van der Waals surface area contributed by atoms with Gasteiger partial charge in [-0.3, -0.25) is 5.32 Å². The monoisotopic (exact) mass is 283 g/mol. The highest BCUT2D eigenvalue weighted by atomic mass is 19.4. The summed E-state index contributed by atoms with van der Waals surface area (Å²) in [5.41, 5.74) is -2.62. The van der Waals surface area contributed by atoms with Crippen molar-refractivity contribution in [1.29, 1.82) is 0 Å². The normalized spacial score (nSPS) is 20.1. The Bertz CT molecular complexity index is 432. The molecule has 1 aliphatic rings. The van der Waals surface area contributed by atoms with E-state index in [0.717, 1.165) is 12.1 Å². The highest BCUT2D eigenvalue weighted by Crippen LogP contribution is 2.51. The van der Waals surface area contributed by atoms with Crippen molar-refractivity contribution >= 4 is 0 Å². The van der Waals surface area contributed by atoms with Crippen LogP contribution in [0.15, 0.2) is 30.3 Å². The lowest BCUT2D eigenvalue weighted by molar-refractivity contribution is -0.195. The average molecular weight is 283 g/mol. The van der Waals surface area contributed by atoms with Gasteiger partial charge < -0.3 is 0 Å². The first-order chi connectivity index (χ1) is 8.66. The molecule has 0 saturated heterocycles. The number of nitrogens with one attached hydrogen (secondary N) is 1.